The molecule has 2 amide bonds. The van der Waals surface area contributed by atoms with Gasteiger partial charge in [0.15, 0.2) is 0 Å². The molecular formula is C24H22FN3O3S. The molecule has 0 radical (unpaired) electrons. The van der Waals surface area contributed by atoms with Gasteiger partial charge in [-0.05, 0) is 46.4 Å². The zero-order chi connectivity index (χ0) is 22.6. The van der Waals surface area contributed by atoms with E-state index in [0.29, 0.717) is 53.9 Å². The maximum absolute atomic E-state index is 15.6. The number of nitrogens with zero attached hydrogens (tertiary/aromatic N) is 1. The molecule has 3 aromatic rings. The summed E-state index contributed by atoms with van der Waals surface area (Å²) in [4.78, 5) is 29.2. The molecule has 0 fully saturated rings. The van der Waals surface area contributed by atoms with Crippen LogP contribution in [0.2, 0.25) is 0 Å². The van der Waals surface area contributed by atoms with Crippen molar-refractivity contribution in [1.82, 2.24) is 9.88 Å². The van der Waals surface area contributed by atoms with Crippen molar-refractivity contribution >= 4 is 33.9 Å². The van der Waals surface area contributed by atoms with Crippen LogP contribution in [-0.2, 0) is 41.1 Å². The molecule has 1 aromatic heterocycles. The third kappa shape index (κ3) is 3.22. The number of H-pyrrole nitrogens is 1. The number of carbonyl (C=O) groups is 2. The van der Waals surface area contributed by atoms with Gasteiger partial charge in [-0.1, -0.05) is 24.8 Å². The molecule has 0 spiro atoms. The summed E-state index contributed by atoms with van der Waals surface area (Å²) in [5, 5.41) is 0.583. The Hall–Kier alpha value is -3.10. The van der Waals surface area contributed by atoms with Crippen molar-refractivity contribution in [3.05, 3.63) is 70.7 Å². The Kier molecular flexibility index (Phi) is 5.06. The van der Waals surface area contributed by atoms with Gasteiger partial charge in [0, 0.05) is 41.7 Å². The predicted molar refractivity (Wildman–Crippen MR) is 122 cm³/mol. The number of aromatic nitrogens is 1. The lowest BCUT2D eigenvalue weighted by molar-refractivity contribution is -0.126. The van der Waals surface area contributed by atoms with Gasteiger partial charge in [0.2, 0.25) is 5.91 Å². The SMILES string of the molecule is C=CC(=O)N1CCc2c(cccc2-c2c(F)cc(C(N)=O)c3[nH]c4c(c23)C[S+]([O-])CC4)C1. The van der Waals surface area contributed by atoms with Gasteiger partial charge in [-0.2, -0.15) is 0 Å². The standard InChI is InChI=1S/C24H22FN3O3S/c1-2-20(29)28-8-6-14-13(11-28)4-3-5-15(14)21-18(25)10-16(24(26)30)23-22(21)17-12-32(31)9-7-19(17)27-23/h2-5,10,27H,1,6-9,11-12H2,(H2,26,30). The Bertz CT molecular complexity index is 1300. The lowest BCUT2D eigenvalue weighted by Crippen LogP contribution is -2.34. The molecule has 0 saturated carbocycles. The van der Waals surface area contributed by atoms with E-state index in [1.165, 1.54) is 12.1 Å². The monoisotopic (exact) mass is 451 g/mol. The van der Waals surface area contributed by atoms with Gasteiger partial charge in [0.1, 0.15) is 17.3 Å². The molecule has 0 saturated heterocycles. The van der Waals surface area contributed by atoms with E-state index in [1.54, 1.807) is 4.90 Å². The van der Waals surface area contributed by atoms with Crippen LogP contribution >= 0.6 is 0 Å². The highest BCUT2D eigenvalue weighted by Crippen LogP contribution is 2.42. The van der Waals surface area contributed by atoms with Crippen LogP contribution < -0.4 is 5.73 Å². The Morgan fingerprint density at radius 1 is 1.28 bits per heavy atom. The van der Waals surface area contributed by atoms with Gasteiger partial charge >= 0.3 is 0 Å². The second kappa shape index (κ2) is 7.79. The van der Waals surface area contributed by atoms with Crippen LogP contribution in [0.1, 0.15) is 32.7 Å². The fourth-order valence-electron chi connectivity index (χ4n) is 4.90. The van der Waals surface area contributed by atoms with Crippen molar-refractivity contribution in [2.75, 3.05) is 12.3 Å². The maximum Gasteiger partial charge on any atom is 0.250 e. The number of halogens is 1. The largest absolute Gasteiger partial charge is 0.616 e. The summed E-state index contributed by atoms with van der Waals surface area (Å²) in [6.45, 7) is 4.49. The highest BCUT2D eigenvalue weighted by Gasteiger charge is 2.30. The minimum absolute atomic E-state index is 0.0917. The molecule has 0 aliphatic carbocycles. The number of hydrogen-bond acceptors (Lipinski definition) is 3. The molecule has 5 rings (SSSR count). The lowest BCUT2D eigenvalue weighted by atomic mass is 9.87. The van der Waals surface area contributed by atoms with Crippen LogP contribution in [0.25, 0.3) is 22.0 Å². The quantitative estimate of drug-likeness (QED) is 0.473. The molecule has 6 nitrogen and oxygen atoms in total. The Labute approximate surface area is 187 Å². The number of nitrogens with one attached hydrogen (secondary N) is 1. The van der Waals surface area contributed by atoms with Crippen LogP contribution in [-0.4, -0.2) is 38.5 Å². The van der Waals surface area contributed by atoms with Gasteiger partial charge < -0.3 is 20.2 Å². The molecule has 3 heterocycles. The van der Waals surface area contributed by atoms with Crippen molar-refractivity contribution < 1.29 is 18.5 Å². The number of aromatic amines is 1. The topological polar surface area (TPSA) is 102 Å². The van der Waals surface area contributed by atoms with E-state index in [1.807, 2.05) is 18.2 Å². The van der Waals surface area contributed by atoms with Crippen molar-refractivity contribution in [2.24, 2.45) is 5.73 Å². The second-order valence-electron chi connectivity index (χ2n) is 8.17. The highest BCUT2D eigenvalue weighted by molar-refractivity contribution is 7.90. The minimum atomic E-state index is -1.05. The fraction of sp³-hybridized carbons (Fsp3) is 0.250. The Morgan fingerprint density at radius 3 is 2.84 bits per heavy atom. The van der Waals surface area contributed by atoms with Gasteiger partial charge in [-0.15, -0.1) is 0 Å². The number of fused-ring (bicyclic) bond motifs is 4. The Morgan fingerprint density at radius 2 is 2.09 bits per heavy atom. The molecule has 32 heavy (non-hydrogen) atoms. The molecule has 0 bridgehead atoms. The van der Waals surface area contributed by atoms with Crippen molar-refractivity contribution in [3.63, 3.8) is 0 Å². The van der Waals surface area contributed by atoms with Crippen molar-refractivity contribution in [3.8, 4) is 11.1 Å². The summed E-state index contributed by atoms with van der Waals surface area (Å²) in [5.74, 6) is -0.558. The number of carbonyl (C=O) groups excluding carboxylic acids is 2. The first-order valence-corrected chi connectivity index (χ1v) is 11.9. The first-order chi connectivity index (χ1) is 15.4. The van der Waals surface area contributed by atoms with Crippen LogP contribution in [0.5, 0.6) is 0 Å². The van der Waals surface area contributed by atoms with E-state index in [9.17, 15) is 14.1 Å². The molecule has 8 heteroatoms. The van der Waals surface area contributed by atoms with Crippen LogP contribution in [0, 0.1) is 5.82 Å². The first-order valence-electron chi connectivity index (χ1n) is 10.4. The number of aryl methyl sites for hydroxylation is 1. The molecule has 1 atom stereocenters. The van der Waals surface area contributed by atoms with Crippen molar-refractivity contribution in [1.29, 1.82) is 0 Å². The van der Waals surface area contributed by atoms with E-state index in [4.69, 9.17) is 5.73 Å². The zero-order valence-corrected chi connectivity index (χ0v) is 18.2. The summed E-state index contributed by atoms with van der Waals surface area (Å²) in [7, 11) is 0. The van der Waals surface area contributed by atoms with E-state index >= 15 is 4.39 Å². The van der Waals surface area contributed by atoms with Gasteiger partial charge in [0.25, 0.3) is 5.91 Å². The molecule has 3 N–H and O–H groups in total. The maximum atomic E-state index is 15.6. The number of benzene rings is 2. The minimum Gasteiger partial charge on any atom is -0.616 e. The molecular weight excluding hydrogens is 429 g/mol. The van der Waals surface area contributed by atoms with Gasteiger partial charge in [-0.3, -0.25) is 9.59 Å². The number of hydrogen-bond donors (Lipinski definition) is 2. The zero-order valence-electron chi connectivity index (χ0n) is 17.4. The van der Waals surface area contributed by atoms with E-state index in [-0.39, 0.29) is 11.5 Å². The lowest BCUT2D eigenvalue weighted by Gasteiger charge is -2.30. The number of nitrogens with two attached hydrogens (primary N) is 1. The van der Waals surface area contributed by atoms with Crippen LogP contribution in [0.4, 0.5) is 4.39 Å². The van der Waals surface area contributed by atoms with E-state index < -0.39 is 22.9 Å². The Balaban J connectivity index is 1.76. The summed E-state index contributed by atoms with van der Waals surface area (Å²) in [6, 6.07) is 6.84. The van der Waals surface area contributed by atoms with Crippen molar-refractivity contribution in [2.45, 2.75) is 25.1 Å². The number of primary amides is 1. The average Bonchev–Trinajstić information content (AvgIpc) is 3.15. The third-order valence-corrected chi connectivity index (χ3v) is 7.66. The van der Waals surface area contributed by atoms with Crippen LogP contribution in [0.3, 0.4) is 0 Å². The van der Waals surface area contributed by atoms with E-state index in [0.717, 1.165) is 27.9 Å². The first kappa shape index (κ1) is 20.8. The average molecular weight is 452 g/mol. The van der Waals surface area contributed by atoms with Gasteiger partial charge in [0.05, 0.1) is 11.1 Å². The van der Waals surface area contributed by atoms with Gasteiger partial charge in [-0.25, -0.2) is 4.39 Å². The third-order valence-electron chi connectivity index (χ3n) is 6.39. The normalized spacial score (nSPS) is 17.7. The number of amides is 2. The predicted octanol–water partition coefficient (Wildman–Crippen LogP) is 2.95. The smallest absolute Gasteiger partial charge is 0.250 e. The van der Waals surface area contributed by atoms with E-state index in [2.05, 4.69) is 11.6 Å². The molecule has 2 aromatic carbocycles. The summed E-state index contributed by atoms with van der Waals surface area (Å²) in [6.07, 6.45) is 2.44. The summed E-state index contributed by atoms with van der Waals surface area (Å²) >= 11 is -1.05. The summed E-state index contributed by atoms with van der Waals surface area (Å²) < 4.78 is 28.0. The van der Waals surface area contributed by atoms with Crippen LogP contribution in [0.15, 0.2) is 36.9 Å². The molecule has 1 unspecified atom stereocenters. The molecule has 2 aliphatic rings. The fourth-order valence-corrected chi connectivity index (χ4v) is 6.12. The second-order valence-corrected chi connectivity index (χ2v) is 9.75. The molecule has 2 aliphatic heterocycles. The molecule has 164 valence electrons. The number of rotatable bonds is 3. The summed E-state index contributed by atoms with van der Waals surface area (Å²) in [5.41, 5.74) is 10.8. The highest BCUT2D eigenvalue weighted by atomic mass is 32.2.